The highest BCUT2D eigenvalue weighted by molar-refractivity contribution is 6.30. The lowest BCUT2D eigenvalue weighted by Gasteiger charge is -2.18. The van der Waals surface area contributed by atoms with E-state index in [1.165, 1.54) is 12.1 Å². The lowest BCUT2D eigenvalue weighted by Crippen LogP contribution is -2.37. The molecule has 6 heteroatoms. The van der Waals surface area contributed by atoms with Crippen molar-refractivity contribution in [3.8, 4) is 0 Å². The van der Waals surface area contributed by atoms with Gasteiger partial charge in [-0.15, -0.1) is 0 Å². The Labute approximate surface area is 131 Å². The van der Waals surface area contributed by atoms with Crippen LogP contribution in [0.3, 0.4) is 0 Å². The van der Waals surface area contributed by atoms with Gasteiger partial charge in [-0.25, -0.2) is 9.18 Å². The van der Waals surface area contributed by atoms with Gasteiger partial charge in [0.25, 0.3) is 0 Å². The molecule has 4 nitrogen and oxygen atoms in total. The number of hydrogen-bond donors (Lipinski definition) is 3. The van der Waals surface area contributed by atoms with Gasteiger partial charge in [0.1, 0.15) is 5.82 Å². The van der Waals surface area contributed by atoms with Gasteiger partial charge < -0.3 is 15.7 Å². The molecule has 0 heterocycles. The molecule has 2 amide bonds. The molecule has 0 saturated heterocycles. The molecule has 0 saturated carbocycles. The van der Waals surface area contributed by atoms with Gasteiger partial charge >= 0.3 is 6.03 Å². The number of fused-ring (bicyclic) bond motifs is 1. The number of aliphatic hydroxyl groups is 1. The number of hydrogen-bond acceptors (Lipinski definition) is 2. The maximum absolute atomic E-state index is 13.7. The number of halogens is 2. The van der Waals surface area contributed by atoms with Crippen molar-refractivity contribution < 1.29 is 14.3 Å². The topological polar surface area (TPSA) is 61.4 Å². The average Bonchev–Trinajstić information content (AvgIpc) is 2.78. The van der Waals surface area contributed by atoms with Gasteiger partial charge in [-0.3, -0.25) is 0 Å². The molecule has 3 rings (SSSR count). The summed E-state index contributed by atoms with van der Waals surface area (Å²) < 4.78 is 13.7. The number of carbonyl (C=O) groups excluding carboxylic acids is 1. The van der Waals surface area contributed by atoms with Gasteiger partial charge in [-0.2, -0.15) is 0 Å². The molecule has 3 N–H and O–H groups in total. The predicted molar refractivity (Wildman–Crippen MR) is 82.5 cm³/mol. The van der Waals surface area contributed by atoms with Crippen LogP contribution in [0.5, 0.6) is 0 Å². The molecular formula is C16H14ClFN2O2. The highest BCUT2D eigenvalue weighted by Gasteiger charge is 2.31. The molecule has 2 atom stereocenters. The molecule has 1 aliphatic rings. The second-order valence-corrected chi connectivity index (χ2v) is 5.61. The van der Waals surface area contributed by atoms with Crippen molar-refractivity contribution in [1.82, 2.24) is 5.32 Å². The van der Waals surface area contributed by atoms with Crippen molar-refractivity contribution >= 4 is 23.3 Å². The zero-order valence-electron chi connectivity index (χ0n) is 11.5. The van der Waals surface area contributed by atoms with Gasteiger partial charge in [0.15, 0.2) is 0 Å². The third-order valence-corrected chi connectivity index (χ3v) is 3.91. The van der Waals surface area contributed by atoms with Crippen molar-refractivity contribution in [1.29, 1.82) is 0 Å². The van der Waals surface area contributed by atoms with Gasteiger partial charge in [-0.1, -0.05) is 35.9 Å². The van der Waals surface area contributed by atoms with Crippen LogP contribution in [0.25, 0.3) is 0 Å². The largest absolute Gasteiger partial charge is 0.390 e. The maximum atomic E-state index is 13.7. The quantitative estimate of drug-likeness (QED) is 0.795. The Bertz CT molecular complexity index is 723. The summed E-state index contributed by atoms with van der Waals surface area (Å²) in [7, 11) is 0. The predicted octanol–water partition coefficient (Wildman–Crippen LogP) is 3.26. The van der Waals surface area contributed by atoms with Crippen LogP contribution in [0.4, 0.5) is 14.9 Å². The first-order valence-electron chi connectivity index (χ1n) is 6.83. The minimum Gasteiger partial charge on any atom is -0.390 e. The lowest BCUT2D eigenvalue weighted by atomic mass is 10.1. The molecule has 2 aromatic rings. The number of amides is 2. The van der Waals surface area contributed by atoms with Gasteiger partial charge in [0, 0.05) is 11.4 Å². The molecule has 0 bridgehead atoms. The Morgan fingerprint density at radius 3 is 2.82 bits per heavy atom. The standard InChI is InChI=1S/C16H14ClFN2O2/c17-10-5-6-13(12(18)8-10)19-16(22)20-15-11-4-2-1-3-9(11)7-14(15)21/h1-6,8,14-15,21H,7H2,(H2,19,20,22)/t14-,15+/m1/s1. The molecule has 0 spiro atoms. The van der Waals surface area contributed by atoms with Crippen molar-refractivity contribution in [2.45, 2.75) is 18.6 Å². The van der Waals surface area contributed by atoms with Gasteiger partial charge in [0.2, 0.25) is 0 Å². The average molecular weight is 321 g/mol. The molecule has 1 aliphatic carbocycles. The number of rotatable bonds is 2. The van der Waals surface area contributed by atoms with Crippen LogP contribution in [-0.4, -0.2) is 17.2 Å². The fraction of sp³-hybridized carbons (Fsp3) is 0.188. The number of benzene rings is 2. The first-order chi connectivity index (χ1) is 10.5. The molecule has 0 fully saturated rings. The van der Waals surface area contributed by atoms with E-state index in [-0.39, 0.29) is 10.7 Å². The zero-order valence-corrected chi connectivity index (χ0v) is 12.3. The van der Waals surface area contributed by atoms with E-state index in [1.54, 1.807) is 0 Å². The molecule has 0 aliphatic heterocycles. The van der Waals surface area contributed by atoms with E-state index in [1.807, 2.05) is 24.3 Å². The van der Waals surface area contributed by atoms with Crippen LogP contribution in [0, 0.1) is 5.82 Å². The second-order valence-electron chi connectivity index (χ2n) is 5.17. The van der Waals surface area contributed by atoms with Crippen molar-refractivity contribution in [2.24, 2.45) is 0 Å². The summed E-state index contributed by atoms with van der Waals surface area (Å²) in [6, 6.07) is 10.4. The molecule has 0 aromatic heterocycles. The second kappa shape index (κ2) is 5.94. The summed E-state index contributed by atoms with van der Waals surface area (Å²) in [4.78, 5) is 12.0. The van der Waals surface area contributed by atoms with Gasteiger partial charge in [-0.05, 0) is 29.3 Å². The highest BCUT2D eigenvalue weighted by Crippen LogP contribution is 2.31. The summed E-state index contributed by atoms with van der Waals surface area (Å²) in [6.45, 7) is 0. The monoisotopic (exact) mass is 320 g/mol. The van der Waals surface area contributed by atoms with Crippen molar-refractivity contribution in [3.05, 3.63) is 64.4 Å². The van der Waals surface area contributed by atoms with E-state index in [2.05, 4.69) is 10.6 Å². The zero-order chi connectivity index (χ0) is 15.7. The number of nitrogens with one attached hydrogen (secondary N) is 2. The molecule has 22 heavy (non-hydrogen) atoms. The van der Waals surface area contributed by atoms with E-state index in [0.29, 0.717) is 6.42 Å². The summed E-state index contributed by atoms with van der Waals surface area (Å²) in [5, 5.41) is 15.4. The first kappa shape index (κ1) is 14.8. The summed E-state index contributed by atoms with van der Waals surface area (Å²) in [6.07, 6.45) is -0.214. The normalized spacial score (nSPS) is 19.6. The number of urea groups is 1. The molecule has 2 aromatic carbocycles. The third kappa shape index (κ3) is 2.91. The van der Waals surface area contributed by atoms with E-state index in [0.717, 1.165) is 17.2 Å². The van der Waals surface area contributed by atoms with Crippen LogP contribution < -0.4 is 10.6 Å². The Kier molecular flexibility index (Phi) is 4.00. The summed E-state index contributed by atoms with van der Waals surface area (Å²) in [5.74, 6) is -0.616. The molecule has 0 radical (unpaired) electrons. The lowest BCUT2D eigenvalue weighted by molar-refractivity contribution is 0.144. The van der Waals surface area contributed by atoms with Crippen molar-refractivity contribution in [3.63, 3.8) is 0 Å². The summed E-state index contributed by atoms with van der Waals surface area (Å²) in [5.41, 5.74) is 1.90. The van der Waals surface area contributed by atoms with Crippen LogP contribution >= 0.6 is 11.6 Å². The van der Waals surface area contributed by atoms with E-state index in [9.17, 15) is 14.3 Å². The number of carbonyl (C=O) groups is 1. The van der Waals surface area contributed by atoms with Crippen LogP contribution in [0.15, 0.2) is 42.5 Å². The van der Waals surface area contributed by atoms with Crippen LogP contribution in [0.2, 0.25) is 5.02 Å². The Morgan fingerprint density at radius 2 is 2.05 bits per heavy atom. The maximum Gasteiger partial charge on any atom is 0.319 e. The summed E-state index contributed by atoms with van der Waals surface area (Å²) >= 11 is 5.66. The fourth-order valence-electron chi connectivity index (χ4n) is 2.64. The molecular weight excluding hydrogens is 307 g/mol. The van der Waals surface area contributed by atoms with Crippen LogP contribution in [-0.2, 0) is 6.42 Å². The first-order valence-corrected chi connectivity index (χ1v) is 7.21. The third-order valence-electron chi connectivity index (χ3n) is 3.67. The number of aliphatic hydroxyl groups excluding tert-OH is 1. The smallest absolute Gasteiger partial charge is 0.319 e. The Hall–Kier alpha value is -2.11. The Balaban J connectivity index is 1.72. The number of anilines is 1. The minimum atomic E-state index is -0.696. The molecule has 114 valence electrons. The van der Waals surface area contributed by atoms with E-state index >= 15 is 0 Å². The van der Waals surface area contributed by atoms with Crippen LogP contribution in [0.1, 0.15) is 17.2 Å². The molecule has 0 unspecified atom stereocenters. The fourth-order valence-corrected chi connectivity index (χ4v) is 2.80. The van der Waals surface area contributed by atoms with E-state index in [4.69, 9.17) is 11.6 Å². The Morgan fingerprint density at radius 1 is 1.27 bits per heavy atom. The SMILES string of the molecule is O=C(Nc1ccc(Cl)cc1F)N[C@H]1c2ccccc2C[C@H]1O. The minimum absolute atomic E-state index is 0.0303. The highest BCUT2D eigenvalue weighted by atomic mass is 35.5. The van der Waals surface area contributed by atoms with E-state index < -0.39 is 24.0 Å². The van der Waals surface area contributed by atoms with Gasteiger partial charge in [0.05, 0.1) is 17.8 Å². The van der Waals surface area contributed by atoms with Crippen molar-refractivity contribution in [2.75, 3.05) is 5.32 Å².